The molecule has 244 valence electrons. The zero-order valence-electron chi connectivity index (χ0n) is 29.1. The van der Waals surface area contributed by atoms with Crippen LogP contribution in [0.25, 0.3) is 0 Å². The second kappa shape index (κ2) is 29.4. The van der Waals surface area contributed by atoms with E-state index in [2.05, 4.69) is 35.0 Å². The lowest BCUT2D eigenvalue weighted by Crippen LogP contribution is -2.42. The van der Waals surface area contributed by atoms with Crippen molar-refractivity contribution in [1.82, 2.24) is 0 Å². The summed E-state index contributed by atoms with van der Waals surface area (Å²) < 4.78 is 0.751. The SMILES string of the molecule is CCCCCCCCCCCCCCCC(=O)CC(C[N+](C)(C)C)C(=O)CCCCCCCCCCCCCCC. The Morgan fingerprint density at radius 3 is 1.05 bits per heavy atom. The van der Waals surface area contributed by atoms with Gasteiger partial charge in [0.25, 0.3) is 0 Å². The molecule has 41 heavy (non-hydrogen) atoms. The molecule has 3 heteroatoms. The zero-order chi connectivity index (χ0) is 30.4. The molecule has 0 aliphatic rings. The molecule has 1 unspecified atom stereocenters. The van der Waals surface area contributed by atoms with Gasteiger partial charge in [0, 0.05) is 19.3 Å². The minimum atomic E-state index is -0.0956. The average Bonchev–Trinajstić information content (AvgIpc) is 2.92. The van der Waals surface area contributed by atoms with Gasteiger partial charge in [-0.25, -0.2) is 0 Å². The molecule has 0 rings (SSSR count). The summed E-state index contributed by atoms with van der Waals surface area (Å²) in [6.07, 6.45) is 36.2. The van der Waals surface area contributed by atoms with Gasteiger partial charge in [0.05, 0.1) is 33.6 Å². The lowest BCUT2D eigenvalue weighted by atomic mass is 9.91. The first-order valence-corrected chi connectivity index (χ1v) is 18.6. The molecule has 0 aromatic heterocycles. The summed E-state index contributed by atoms with van der Waals surface area (Å²) in [7, 11) is 6.42. The highest BCUT2D eigenvalue weighted by molar-refractivity contribution is 5.88. The predicted molar refractivity (Wildman–Crippen MR) is 182 cm³/mol. The summed E-state index contributed by atoms with van der Waals surface area (Å²) in [5.74, 6) is 0.548. The fourth-order valence-electron chi connectivity index (χ4n) is 6.18. The fourth-order valence-corrected chi connectivity index (χ4v) is 6.18. The van der Waals surface area contributed by atoms with E-state index in [0.29, 0.717) is 30.8 Å². The van der Waals surface area contributed by atoms with Crippen LogP contribution >= 0.6 is 0 Å². The molecule has 0 aromatic rings. The van der Waals surface area contributed by atoms with E-state index in [0.717, 1.165) is 36.7 Å². The monoisotopic (exact) mass is 579 g/mol. The van der Waals surface area contributed by atoms with Crippen molar-refractivity contribution in [3.8, 4) is 0 Å². The summed E-state index contributed by atoms with van der Waals surface area (Å²) in [6.45, 7) is 5.34. The van der Waals surface area contributed by atoms with Gasteiger partial charge in [-0.2, -0.15) is 0 Å². The molecule has 0 amide bonds. The minimum absolute atomic E-state index is 0.0956. The maximum absolute atomic E-state index is 13.1. The highest BCUT2D eigenvalue weighted by Crippen LogP contribution is 2.19. The Hall–Kier alpha value is -0.700. The number of hydrogen-bond acceptors (Lipinski definition) is 2. The van der Waals surface area contributed by atoms with Crippen LogP contribution in [0.4, 0.5) is 0 Å². The first-order valence-electron chi connectivity index (χ1n) is 18.6. The van der Waals surface area contributed by atoms with Crippen molar-refractivity contribution < 1.29 is 14.1 Å². The van der Waals surface area contributed by atoms with Crippen LogP contribution in [0.15, 0.2) is 0 Å². The third-order valence-electron chi connectivity index (χ3n) is 8.78. The van der Waals surface area contributed by atoms with Crippen molar-refractivity contribution in [2.45, 2.75) is 200 Å². The Balaban J connectivity index is 3.91. The van der Waals surface area contributed by atoms with Crippen molar-refractivity contribution in [2.75, 3.05) is 27.7 Å². The molecule has 0 saturated heterocycles. The standard InChI is InChI=1S/C38H76NO2/c1-6-8-10-12-14-16-18-20-22-24-26-28-30-32-37(40)34-36(35-39(3,4)5)38(41)33-31-29-27-25-23-21-19-17-15-13-11-9-7-2/h36H,6-35H2,1-5H3/q+1. The van der Waals surface area contributed by atoms with E-state index in [1.807, 2.05) is 0 Å². The quantitative estimate of drug-likeness (QED) is 0.0573. The Labute approximate surface area is 259 Å². The minimum Gasteiger partial charge on any atom is -0.330 e. The van der Waals surface area contributed by atoms with Crippen LogP contribution in [0.2, 0.25) is 0 Å². The van der Waals surface area contributed by atoms with E-state index >= 15 is 0 Å². The van der Waals surface area contributed by atoms with E-state index in [1.165, 1.54) is 141 Å². The number of carbonyl (C=O) groups is 2. The third-order valence-corrected chi connectivity index (χ3v) is 8.78. The molecular formula is C38H76NO2+. The first-order chi connectivity index (χ1) is 19.8. The summed E-state index contributed by atoms with van der Waals surface area (Å²) in [4.78, 5) is 25.9. The Morgan fingerprint density at radius 2 is 0.732 bits per heavy atom. The van der Waals surface area contributed by atoms with E-state index in [4.69, 9.17) is 0 Å². The molecule has 0 radical (unpaired) electrons. The normalized spacial score (nSPS) is 12.6. The summed E-state index contributed by atoms with van der Waals surface area (Å²) in [6, 6.07) is 0. The maximum atomic E-state index is 13.1. The van der Waals surface area contributed by atoms with E-state index in [9.17, 15) is 9.59 Å². The summed E-state index contributed by atoms with van der Waals surface area (Å²) in [5.41, 5.74) is 0. The molecule has 0 fully saturated rings. The van der Waals surface area contributed by atoms with Crippen LogP contribution in [0.1, 0.15) is 200 Å². The number of hydrogen-bond donors (Lipinski definition) is 0. The van der Waals surface area contributed by atoms with Gasteiger partial charge >= 0.3 is 0 Å². The second-order valence-corrected chi connectivity index (χ2v) is 14.4. The van der Waals surface area contributed by atoms with Crippen LogP contribution in [0.3, 0.4) is 0 Å². The molecular weight excluding hydrogens is 502 g/mol. The lowest BCUT2D eigenvalue weighted by Gasteiger charge is -2.28. The van der Waals surface area contributed by atoms with Crippen LogP contribution in [0.5, 0.6) is 0 Å². The molecule has 0 aliphatic carbocycles. The largest absolute Gasteiger partial charge is 0.330 e. The van der Waals surface area contributed by atoms with Crippen molar-refractivity contribution in [3.05, 3.63) is 0 Å². The van der Waals surface area contributed by atoms with Crippen LogP contribution < -0.4 is 0 Å². The third kappa shape index (κ3) is 30.6. The van der Waals surface area contributed by atoms with Crippen LogP contribution in [-0.2, 0) is 9.59 Å². The van der Waals surface area contributed by atoms with Gasteiger partial charge in [0.15, 0.2) is 0 Å². The smallest absolute Gasteiger partial charge is 0.142 e. The zero-order valence-corrected chi connectivity index (χ0v) is 29.1. The van der Waals surface area contributed by atoms with Gasteiger partial charge in [-0.1, -0.05) is 168 Å². The number of nitrogens with zero attached hydrogens (tertiary/aromatic N) is 1. The molecule has 0 bridgehead atoms. The van der Waals surface area contributed by atoms with Crippen molar-refractivity contribution in [1.29, 1.82) is 0 Å². The van der Waals surface area contributed by atoms with Gasteiger partial charge in [-0.05, 0) is 12.8 Å². The van der Waals surface area contributed by atoms with Crippen LogP contribution in [-0.4, -0.2) is 43.7 Å². The number of ketones is 2. The number of unbranched alkanes of at least 4 members (excludes halogenated alkanes) is 24. The van der Waals surface area contributed by atoms with Gasteiger partial charge in [-0.3, -0.25) is 9.59 Å². The number of Topliss-reactive ketones (excluding diaryl/α,β-unsaturated/α-hetero) is 2. The molecule has 1 atom stereocenters. The van der Waals surface area contributed by atoms with Gasteiger partial charge in [0.2, 0.25) is 0 Å². The molecule has 0 aliphatic heterocycles. The van der Waals surface area contributed by atoms with E-state index in [1.54, 1.807) is 0 Å². The van der Waals surface area contributed by atoms with Crippen molar-refractivity contribution >= 4 is 11.6 Å². The van der Waals surface area contributed by atoms with Crippen molar-refractivity contribution in [3.63, 3.8) is 0 Å². The molecule has 0 spiro atoms. The maximum Gasteiger partial charge on any atom is 0.142 e. The first kappa shape index (κ1) is 40.3. The molecule has 0 heterocycles. The Morgan fingerprint density at radius 1 is 0.439 bits per heavy atom. The van der Waals surface area contributed by atoms with Gasteiger partial charge in [-0.15, -0.1) is 0 Å². The highest BCUT2D eigenvalue weighted by atomic mass is 16.1. The molecule has 0 N–H and O–H groups in total. The second-order valence-electron chi connectivity index (χ2n) is 14.4. The Kier molecular flexibility index (Phi) is 28.9. The number of rotatable bonds is 33. The van der Waals surface area contributed by atoms with E-state index in [-0.39, 0.29) is 5.92 Å². The molecule has 0 aromatic carbocycles. The summed E-state index contributed by atoms with van der Waals surface area (Å²) in [5, 5.41) is 0. The Bertz CT molecular complexity index is 579. The molecule has 3 nitrogen and oxygen atoms in total. The summed E-state index contributed by atoms with van der Waals surface area (Å²) >= 11 is 0. The van der Waals surface area contributed by atoms with Gasteiger partial charge in [0.1, 0.15) is 11.6 Å². The van der Waals surface area contributed by atoms with E-state index < -0.39 is 0 Å². The topological polar surface area (TPSA) is 34.1 Å². The number of carbonyl (C=O) groups excluding carboxylic acids is 2. The average molecular weight is 579 g/mol. The fraction of sp³-hybridized carbons (Fsp3) is 0.947. The van der Waals surface area contributed by atoms with Crippen molar-refractivity contribution in [2.24, 2.45) is 5.92 Å². The lowest BCUT2D eigenvalue weighted by molar-refractivity contribution is -0.872. The number of quaternary nitrogens is 1. The molecule has 0 saturated carbocycles. The highest BCUT2D eigenvalue weighted by Gasteiger charge is 2.27. The predicted octanol–water partition coefficient (Wildman–Crippen LogP) is 11.8. The van der Waals surface area contributed by atoms with Gasteiger partial charge < -0.3 is 4.48 Å². The van der Waals surface area contributed by atoms with Crippen LogP contribution in [0, 0.1) is 5.92 Å².